The number of aromatic nitrogens is 2. The number of benzene rings is 1. The fraction of sp³-hybridized carbons (Fsp3) is 0.167. The minimum atomic E-state index is 0.597. The molecule has 0 aliphatic rings. The highest BCUT2D eigenvalue weighted by molar-refractivity contribution is 5.61. The third-order valence-electron chi connectivity index (χ3n) is 2.31. The second-order valence-electron chi connectivity index (χ2n) is 3.43. The fourth-order valence-corrected chi connectivity index (χ4v) is 1.50. The van der Waals surface area contributed by atoms with Gasteiger partial charge in [-0.1, -0.05) is 30.3 Å². The summed E-state index contributed by atoms with van der Waals surface area (Å²) >= 11 is 0. The third kappa shape index (κ3) is 2.48. The molecule has 82 valence electrons. The highest BCUT2D eigenvalue weighted by Crippen LogP contribution is 2.17. The van der Waals surface area contributed by atoms with Crippen LogP contribution in [0.4, 0.5) is 0 Å². The minimum absolute atomic E-state index is 0.597. The average molecular weight is 215 g/mol. The van der Waals surface area contributed by atoms with Crippen molar-refractivity contribution in [1.82, 2.24) is 15.1 Å². The van der Waals surface area contributed by atoms with Crippen molar-refractivity contribution in [2.75, 3.05) is 6.54 Å². The number of hydrogen-bond acceptors (Lipinski definition) is 2. The van der Waals surface area contributed by atoms with Gasteiger partial charge in [0.25, 0.3) is 0 Å². The molecule has 2 aromatic rings. The molecule has 0 spiro atoms. The van der Waals surface area contributed by atoms with E-state index in [1.807, 2.05) is 47.4 Å². The summed E-state index contributed by atoms with van der Waals surface area (Å²) in [6.45, 7) is 1.28. The van der Waals surface area contributed by atoms with Gasteiger partial charge in [-0.15, -0.1) is 0 Å². The van der Waals surface area contributed by atoms with E-state index in [1.165, 1.54) is 0 Å². The van der Waals surface area contributed by atoms with Crippen LogP contribution in [0.15, 0.2) is 42.7 Å². The van der Waals surface area contributed by atoms with Crippen LogP contribution in [0.25, 0.3) is 11.1 Å². The molecule has 0 saturated heterocycles. The average Bonchev–Trinajstić information content (AvgIpc) is 2.79. The van der Waals surface area contributed by atoms with E-state index in [4.69, 9.17) is 0 Å². The van der Waals surface area contributed by atoms with Crippen molar-refractivity contribution in [3.8, 4) is 11.1 Å². The number of nitrogens with zero attached hydrogens (tertiary/aromatic N) is 2. The van der Waals surface area contributed by atoms with Gasteiger partial charge in [-0.2, -0.15) is 5.10 Å². The van der Waals surface area contributed by atoms with E-state index < -0.39 is 0 Å². The maximum Gasteiger partial charge on any atom is 0.207 e. The molecule has 0 saturated carbocycles. The number of amides is 1. The maximum absolute atomic E-state index is 10.1. The Morgan fingerprint density at radius 1 is 1.25 bits per heavy atom. The Kier molecular flexibility index (Phi) is 3.33. The molecule has 4 nitrogen and oxygen atoms in total. The number of rotatable bonds is 5. The normalized spacial score (nSPS) is 10.0. The van der Waals surface area contributed by atoms with Crippen molar-refractivity contribution < 1.29 is 4.79 Å². The van der Waals surface area contributed by atoms with Crippen LogP contribution >= 0.6 is 0 Å². The molecule has 1 amide bonds. The molecule has 0 atom stereocenters. The van der Waals surface area contributed by atoms with E-state index in [9.17, 15) is 4.79 Å². The van der Waals surface area contributed by atoms with E-state index in [-0.39, 0.29) is 0 Å². The van der Waals surface area contributed by atoms with Gasteiger partial charge in [0.2, 0.25) is 6.41 Å². The third-order valence-corrected chi connectivity index (χ3v) is 2.31. The van der Waals surface area contributed by atoms with Crippen molar-refractivity contribution in [3.05, 3.63) is 42.7 Å². The predicted molar refractivity (Wildman–Crippen MR) is 61.7 cm³/mol. The molecule has 0 radical (unpaired) electrons. The lowest BCUT2D eigenvalue weighted by Crippen LogP contribution is -2.17. The molecule has 0 unspecified atom stereocenters. The van der Waals surface area contributed by atoms with Crippen molar-refractivity contribution in [3.63, 3.8) is 0 Å². The first-order valence-corrected chi connectivity index (χ1v) is 5.15. The standard InChI is InChI=1S/C12H13N3O/c16-10-13-6-7-15-9-12(8-14-15)11-4-2-1-3-5-11/h1-5,8-10H,6-7H2,(H,13,16). The predicted octanol–water partition coefficient (Wildman–Crippen LogP) is 1.30. The van der Waals surface area contributed by atoms with Gasteiger partial charge in [0.15, 0.2) is 0 Å². The Labute approximate surface area is 93.9 Å². The molecular formula is C12H13N3O. The van der Waals surface area contributed by atoms with E-state index in [0.29, 0.717) is 19.5 Å². The molecule has 16 heavy (non-hydrogen) atoms. The largest absolute Gasteiger partial charge is 0.357 e. The molecule has 0 fully saturated rings. The molecule has 1 aromatic heterocycles. The van der Waals surface area contributed by atoms with Crippen LogP contribution in [0.3, 0.4) is 0 Å². The van der Waals surface area contributed by atoms with E-state index in [2.05, 4.69) is 10.4 Å². The van der Waals surface area contributed by atoms with Crippen LogP contribution in [0.2, 0.25) is 0 Å². The van der Waals surface area contributed by atoms with Crippen LogP contribution in [0.1, 0.15) is 0 Å². The van der Waals surface area contributed by atoms with Gasteiger partial charge < -0.3 is 5.32 Å². The summed E-state index contributed by atoms with van der Waals surface area (Å²) in [7, 11) is 0. The number of carbonyl (C=O) groups excluding carboxylic acids is 1. The smallest absolute Gasteiger partial charge is 0.207 e. The van der Waals surface area contributed by atoms with Crippen molar-refractivity contribution in [2.45, 2.75) is 6.54 Å². The second kappa shape index (κ2) is 5.11. The Balaban J connectivity index is 2.05. The molecule has 4 heteroatoms. The molecule has 1 heterocycles. The van der Waals surface area contributed by atoms with Crippen LogP contribution in [0.5, 0.6) is 0 Å². The maximum atomic E-state index is 10.1. The van der Waals surface area contributed by atoms with Crippen LogP contribution in [0, 0.1) is 0 Å². The van der Waals surface area contributed by atoms with Gasteiger partial charge in [0, 0.05) is 18.3 Å². The first-order valence-electron chi connectivity index (χ1n) is 5.15. The zero-order valence-corrected chi connectivity index (χ0v) is 8.84. The summed E-state index contributed by atoms with van der Waals surface area (Å²) in [5.41, 5.74) is 2.24. The highest BCUT2D eigenvalue weighted by atomic mass is 16.1. The molecular weight excluding hydrogens is 202 g/mol. The second-order valence-corrected chi connectivity index (χ2v) is 3.43. The van der Waals surface area contributed by atoms with Crippen molar-refractivity contribution in [1.29, 1.82) is 0 Å². The number of hydrogen-bond donors (Lipinski definition) is 1. The summed E-state index contributed by atoms with van der Waals surface area (Å²) in [5, 5.41) is 6.83. The zero-order chi connectivity index (χ0) is 11.2. The Morgan fingerprint density at radius 2 is 2.06 bits per heavy atom. The Hall–Kier alpha value is -2.10. The van der Waals surface area contributed by atoms with Crippen molar-refractivity contribution >= 4 is 6.41 Å². The van der Waals surface area contributed by atoms with Gasteiger partial charge in [0.05, 0.1) is 12.7 Å². The fourth-order valence-electron chi connectivity index (χ4n) is 1.50. The molecule has 0 aliphatic heterocycles. The molecule has 2 rings (SSSR count). The number of carbonyl (C=O) groups is 1. The van der Waals surface area contributed by atoms with Gasteiger partial charge in [0.1, 0.15) is 0 Å². The van der Waals surface area contributed by atoms with E-state index >= 15 is 0 Å². The SMILES string of the molecule is O=CNCCn1cc(-c2ccccc2)cn1. The van der Waals surface area contributed by atoms with Gasteiger partial charge >= 0.3 is 0 Å². The van der Waals surface area contributed by atoms with Crippen LogP contribution in [-0.4, -0.2) is 22.7 Å². The molecule has 1 N–H and O–H groups in total. The van der Waals surface area contributed by atoms with Crippen molar-refractivity contribution in [2.24, 2.45) is 0 Å². The quantitative estimate of drug-likeness (QED) is 0.603. The monoisotopic (exact) mass is 215 g/mol. The lowest BCUT2D eigenvalue weighted by molar-refractivity contribution is -0.109. The van der Waals surface area contributed by atoms with Crippen LogP contribution < -0.4 is 5.32 Å². The Morgan fingerprint density at radius 3 is 2.81 bits per heavy atom. The lowest BCUT2D eigenvalue weighted by Gasteiger charge is -1.99. The summed E-state index contributed by atoms with van der Waals surface area (Å²) in [6, 6.07) is 10.1. The summed E-state index contributed by atoms with van der Waals surface area (Å²) in [4.78, 5) is 10.1. The molecule has 0 bridgehead atoms. The minimum Gasteiger partial charge on any atom is -0.357 e. The van der Waals surface area contributed by atoms with Gasteiger partial charge in [-0.3, -0.25) is 9.48 Å². The van der Waals surface area contributed by atoms with Crippen LogP contribution in [-0.2, 0) is 11.3 Å². The number of nitrogens with one attached hydrogen (secondary N) is 1. The van der Waals surface area contributed by atoms with Gasteiger partial charge in [-0.05, 0) is 5.56 Å². The summed E-state index contributed by atoms with van der Waals surface area (Å²) in [5.74, 6) is 0. The van der Waals surface area contributed by atoms with E-state index in [1.54, 1.807) is 0 Å². The van der Waals surface area contributed by atoms with Gasteiger partial charge in [-0.25, -0.2) is 0 Å². The first kappa shape index (κ1) is 10.4. The zero-order valence-electron chi connectivity index (χ0n) is 8.84. The lowest BCUT2D eigenvalue weighted by atomic mass is 10.1. The highest BCUT2D eigenvalue weighted by Gasteiger charge is 2.00. The summed E-state index contributed by atoms with van der Waals surface area (Å²) in [6.07, 6.45) is 4.50. The molecule has 0 aliphatic carbocycles. The topological polar surface area (TPSA) is 46.9 Å². The first-order chi connectivity index (χ1) is 7.90. The molecule has 1 aromatic carbocycles. The summed E-state index contributed by atoms with van der Waals surface area (Å²) < 4.78 is 1.82. The Bertz CT molecular complexity index is 450. The van der Waals surface area contributed by atoms with E-state index in [0.717, 1.165) is 11.1 Å².